The molecule has 5 heteroatoms. The minimum Gasteiger partial charge on any atom is -0.508 e. The molecular weight excluding hydrogens is 319 g/mol. The molecule has 4 nitrogen and oxygen atoms in total. The summed E-state index contributed by atoms with van der Waals surface area (Å²) in [6.07, 6.45) is 1.99. The van der Waals surface area contributed by atoms with Crippen molar-refractivity contribution in [2.75, 3.05) is 14.1 Å². The second-order valence-corrected chi connectivity index (χ2v) is 6.78. The molecule has 25 heavy (non-hydrogen) atoms. The van der Waals surface area contributed by atoms with Crippen LogP contribution < -0.4 is 0 Å². The fourth-order valence-corrected chi connectivity index (χ4v) is 3.09. The molecule has 0 radical (unpaired) electrons. The number of hydrogen-bond acceptors (Lipinski definition) is 3. The van der Waals surface area contributed by atoms with E-state index in [-0.39, 0.29) is 23.5 Å². The molecule has 1 saturated carbocycles. The zero-order valence-corrected chi connectivity index (χ0v) is 14.5. The van der Waals surface area contributed by atoms with Crippen LogP contribution in [0.3, 0.4) is 0 Å². The first-order valence-electron chi connectivity index (χ1n) is 8.46. The van der Waals surface area contributed by atoms with Gasteiger partial charge in [0.15, 0.2) is 0 Å². The first-order chi connectivity index (χ1) is 12.0. The van der Waals surface area contributed by atoms with Crippen LogP contribution in [0.15, 0.2) is 48.5 Å². The van der Waals surface area contributed by atoms with Crippen LogP contribution in [0.4, 0.5) is 4.39 Å². The fourth-order valence-electron chi connectivity index (χ4n) is 3.09. The number of phenolic OH excluding ortho intramolecular Hbond substituents is 1. The van der Waals surface area contributed by atoms with Crippen LogP contribution in [0.1, 0.15) is 30.0 Å². The lowest BCUT2D eigenvalue weighted by atomic mass is 10.0. The summed E-state index contributed by atoms with van der Waals surface area (Å²) < 4.78 is 13.2. The summed E-state index contributed by atoms with van der Waals surface area (Å²) in [4.78, 5) is 17.0. The predicted molar refractivity (Wildman–Crippen MR) is 94.5 cm³/mol. The molecule has 3 rings (SSSR count). The first-order valence-corrected chi connectivity index (χ1v) is 8.46. The molecule has 1 N–H and O–H groups in total. The normalized spacial score (nSPS) is 15.2. The van der Waals surface area contributed by atoms with Crippen LogP contribution in [0.2, 0.25) is 0 Å². The van der Waals surface area contributed by atoms with E-state index in [1.54, 1.807) is 30.3 Å². The average Bonchev–Trinajstić information content (AvgIpc) is 3.39. The number of phenols is 1. The van der Waals surface area contributed by atoms with Crippen molar-refractivity contribution < 1.29 is 14.3 Å². The highest BCUT2D eigenvalue weighted by Crippen LogP contribution is 2.33. The van der Waals surface area contributed by atoms with Crippen molar-refractivity contribution in [2.24, 2.45) is 0 Å². The van der Waals surface area contributed by atoms with E-state index in [0.717, 1.165) is 24.0 Å². The summed E-state index contributed by atoms with van der Waals surface area (Å²) in [6, 6.07) is 12.9. The largest absolute Gasteiger partial charge is 0.508 e. The molecule has 2 aromatic carbocycles. The van der Waals surface area contributed by atoms with Gasteiger partial charge in [-0.15, -0.1) is 0 Å². The Labute approximate surface area is 147 Å². The second-order valence-electron chi connectivity index (χ2n) is 6.78. The van der Waals surface area contributed by atoms with E-state index in [4.69, 9.17) is 0 Å². The van der Waals surface area contributed by atoms with Gasteiger partial charge >= 0.3 is 0 Å². The van der Waals surface area contributed by atoms with Gasteiger partial charge in [-0.2, -0.15) is 0 Å². The standard InChI is InChI=1S/C20H23FN2O2/c1-22(2)19(15-6-8-16(21)9-7-15)20(25)23(17-10-11-17)13-14-4-3-5-18(24)12-14/h3-9,12,17,19,24H,10-11,13H2,1-2H3. The quantitative estimate of drug-likeness (QED) is 0.876. The van der Waals surface area contributed by atoms with Gasteiger partial charge in [0.2, 0.25) is 5.91 Å². The lowest BCUT2D eigenvalue weighted by Crippen LogP contribution is -2.41. The molecule has 1 amide bonds. The van der Waals surface area contributed by atoms with Crippen molar-refractivity contribution in [3.8, 4) is 5.75 Å². The third-order valence-corrected chi connectivity index (χ3v) is 4.47. The van der Waals surface area contributed by atoms with Crippen molar-refractivity contribution in [1.29, 1.82) is 0 Å². The van der Waals surface area contributed by atoms with Gasteiger partial charge in [0.25, 0.3) is 0 Å². The predicted octanol–water partition coefficient (Wildman–Crippen LogP) is 3.33. The molecule has 0 aliphatic heterocycles. The number of rotatable bonds is 6. The van der Waals surface area contributed by atoms with Crippen molar-refractivity contribution in [1.82, 2.24) is 9.80 Å². The fraction of sp³-hybridized carbons (Fsp3) is 0.350. The lowest BCUT2D eigenvalue weighted by molar-refractivity contribution is -0.137. The second kappa shape index (κ2) is 7.23. The highest BCUT2D eigenvalue weighted by molar-refractivity contribution is 5.84. The molecule has 1 fully saturated rings. The Balaban J connectivity index is 1.86. The smallest absolute Gasteiger partial charge is 0.245 e. The summed E-state index contributed by atoms with van der Waals surface area (Å²) in [5, 5.41) is 9.67. The summed E-state index contributed by atoms with van der Waals surface area (Å²) in [7, 11) is 3.71. The number of carbonyl (C=O) groups is 1. The summed E-state index contributed by atoms with van der Waals surface area (Å²) in [6.45, 7) is 0.462. The number of halogens is 1. The molecule has 132 valence electrons. The van der Waals surface area contributed by atoms with Crippen LogP contribution in [0.5, 0.6) is 5.75 Å². The van der Waals surface area contributed by atoms with E-state index in [0.29, 0.717) is 6.54 Å². The van der Waals surface area contributed by atoms with Gasteiger partial charge in [-0.1, -0.05) is 24.3 Å². The van der Waals surface area contributed by atoms with Gasteiger partial charge in [-0.05, 0) is 62.3 Å². The SMILES string of the molecule is CN(C)C(C(=O)N(Cc1cccc(O)c1)C1CC1)c1ccc(F)cc1. The van der Waals surface area contributed by atoms with Gasteiger partial charge < -0.3 is 10.0 Å². The van der Waals surface area contributed by atoms with Gasteiger partial charge in [-0.25, -0.2) is 4.39 Å². The van der Waals surface area contributed by atoms with Crippen molar-refractivity contribution in [3.05, 3.63) is 65.5 Å². The summed E-state index contributed by atoms with van der Waals surface area (Å²) in [5.41, 5.74) is 1.68. The Morgan fingerprint density at radius 1 is 1.20 bits per heavy atom. The number of nitrogens with zero attached hydrogens (tertiary/aromatic N) is 2. The van der Waals surface area contributed by atoms with Gasteiger partial charge in [-0.3, -0.25) is 9.69 Å². The number of carbonyl (C=O) groups excluding carboxylic acids is 1. The number of hydrogen-bond donors (Lipinski definition) is 1. The Hall–Kier alpha value is -2.40. The number of benzene rings is 2. The molecular formula is C20H23FN2O2. The number of aromatic hydroxyl groups is 1. The summed E-state index contributed by atoms with van der Waals surface area (Å²) in [5.74, 6) is -0.113. The van der Waals surface area contributed by atoms with Crippen LogP contribution >= 0.6 is 0 Å². The van der Waals surface area contributed by atoms with E-state index in [1.807, 2.05) is 30.0 Å². The molecule has 0 heterocycles. The Morgan fingerprint density at radius 2 is 1.88 bits per heavy atom. The van der Waals surface area contributed by atoms with Crippen molar-refractivity contribution in [2.45, 2.75) is 31.5 Å². The van der Waals surface area contributed by atoms with Crippen LogP contribution in [0, 0.1) is 5.82 Å². The average molecular weight is 342 g/mol. The van der Waals surface area contributed by atoms with Crippen molar-refractivity contribution >= 4 is 5.91 Å². The highest BCUT2D eigenvalue weighted by atomic mass is 19.1. The van der Waals surface area contributed by atoms with Gasteiger partial charge in [0, 0.05) is 12.6 Å². The molecule has 0 saturated heterocycles. The minimum absolute atomic E-state index is 0.00227. The molecule has 0 bridgehead atoms. The van der Waals surface area contributed by atoms with E-state index in [9.17, 15) is 14.3 Å². The molecule has 1 aliphatic carbocycles. The van der Waals surface area contributed by atoms with Crippen molar-refractivity contribution in [3.63, 3.8) is 0 Å². The summed E-state index contributed by atoms with van der Waals surface area (Å²) >= 11 is 0. The third kappa shape index (κ3) is 4.17. The molecule has 0 aromatic heterocycles. The third-order valence-electron chi connectivity index (χ3n) is 4.47. The van der Waals surface area contributed by atoms with Gasteiger partial charge in [0.1, 0.15) is 17.6 Å². The molecule has 0 spiro atoms. The Morgan fingerprint density at radius 3 is 2.44 bits per heavy atom. The van der Waals surface area contributed by atoms with Crippen LogP contribution in [0.25, 0.3) is 0 Å². The van der Waals surface area contributed by atoms with E-state index in [2.05, 4.69) is 0 Å². The zero-order chi connectivity index (χ0) is 18.0. The maximum absolute atomic E-state index is 13.3. The first kappa shape index (κ1) is 17.4. The maximum Gasteiger partial charge on any atom is 0.245 e. The van der Waals surface area contributed by atoms with Crippen LogP contribution in [-0.2, 0) is 11.3 Å². The van der Waals surface area contributed by atoms with E-state index >= 15 is 0 Å². The molecule has 1 unspecified atom stereocenters. The highest BCUT2D eigenvalue weighted by Gasteiger charge is 2.37. The molecule has 2 aromatic rings. The maximum atomic E-state index is 13.3. The monoisotopic (exact) mass is 342 g/mol. The number of likely N-dealkylation sites (N-methyl/N-ethyl adjacent to an activating group) is 1. The Kier molecular flexibility index (Phi) is 5.04. The molecule has 1 atom stereocenters. The van der Waals surface area contributed by atoms with Crippen LogP contribution in [-0.4, -0.2) is 41.0 Å². The molecule has 1 aliphatic rings. The minimum atomic E-state index is -0.460. The lowest BCUT2D eigenvalue weighted by Gasteiger charge is -2.31. The van der Waals surface area contributed by atoms with E-state index < -0.39 is 6.04 Å². The van der Waals surface area contributed by atoms with Gasteiger partial charge in [0.05, 0.1) is 0 Å². The van der Waals surface area contributed by atoms with E-state index in [1.165, 1.54) is 12.1 Å². The number of amides is 1. The topological polar surface area (TPSA) is 43.8 Å². The Bertz CT molecular complexity index is 742. The zero-order valence-electron chi connectivity index (χ0n) is 14.5.